The average Bonchev–Trinajstić information content (AvgIpc) is 3.48. The van der Waals surface area contributed by atoms with Crippen LogP contribution in [0.2, 0.25) is 0 Å². The van der Waals surface area contributed by atoms with Crippen molar-refractivity contribution in [3.05, 3.63) is 91.6 Å². The highest BCUT2D eigenvalue weighted by Gasteiger charge is 2.15. The molecule has 0 saturated carbocycles. The largest absolute Gasteiger partial charge is 0.486 e. The lowest BCUT2D eigenvalue weighted by atomic mass is 10.1. The Hall–Kier alpha value is -3.56. The molecular formula is C24H22N4O3S2. The molecule has 0 radical (unpaired) electrons. The van der Waals surface area contributed by atoms with Gasteiger partial charge in [0.1, 0.15) is 12.4 Å². The number of aryl methyl sites for hydroxylation is 2. The molecule has 0 aliphatic rings. The Morgan fingerprint density at radius 2 is 1.79 bits per heavy atom. The highest BCUT2D eigenvalue weighted by molar-refractivity contribution is 7.13. The lowest BCUT2D eigenvalue weighted by Crippen LogP contribution is -2.22. The summed E-state index contributed by atoms with van der Waals surface area (Å²) >= 11 is 2.75. The zero-order valence-electron chi connectivity index (χ0n) is 18.1. The second-order valence-electron chi connectivity index (χ2n) is 7.41. The average molecular weight is 479 g/mol. The van der Waals surface area contributed by atoms with Crippen molar-refractivity contribution in [3.8, 4) is 5.75 Å². The molecule has 0 unspecified atom stereocenters. The number of nitrogens with one attached hydrogen (secondary N) is 2. The number of carbonyl (C=O) groups is 2. The molecule has 0 aliphatic carbocycles. The van der Waals surface area contributed by atoms with Crippen LogP contribution in [0.15, 0.2) is 60.0 Å². The lowest BCUT2D eigenvalue weighted by Gasteiger charge is -2.07. The smallest absolute Gasteiger partial charge is 0.286 e. The molecule has 9 heteroatoms. The quantitative estimate of drug-likeness (QED) is 0.373. The third kappa shape index (κ3) is 6.24. The van der Waals surface area contributed by atoms with Crippen LogP contribution in [-0.4, -0.2) is 22.0 Å². The fraction of sp³-hybridized carbons (Fsp3) is 0.167. The van der Waals surface area contributed by atoms with E-state index >= 15 is 0 Å². The Kier molecular flexibility index (Phi) is 7.11. The Morgan fingerprint density at radius 3 is 2.55 bits per heavy atom. The summed E-state index contributed by atoms with van der Waals surface area (Å²) in [6.07, 6.45) is 0. The predicted octanol–water partition coefficient (Wildman–Crippen LogP) is 4.98. The number of hydrogen-bond donors (Lipinski definition) is 2. The number of rotatable bonds is 8. The summed E-state index contributed by atoms with van der Waals surface area (Å²) in [5.74, 6) is 0.158. The van der Waals surface area contributed by atoms with E-state index in [0.29, 0.717) is 22.8 Å². The molecule has 0 bridgehead atoms. The number of carbonyl (C=O) groups excluding carboxylic acids is 2. The molecule has 2 amide bonds. The van der Waals surface area contributed by atoms with Crippen LogP contribution in [0, 0.1) is 13.8 Å². The summed E-state index contributed by atoms with van der Waals surface area (Å²) in [5.41, 5.74) is 3.20. The summed E-state index contributed by atoms with van der Waals surface area (Å²) in [5, 5.41) is 16.5. The molecule has 4 aromatic rings. The number of thiophene rings is 1. The molecule has 4 rings (SSSR count). The number of ether oxygens (including phenoxy) is 1. The van der Waals surface area contributed by atoms with Crippen LogP contribution < -0.4 is 15.4 Å². The first-order chi connectivity index (χ1) is 16.0. The highest BCUT2D eigenvalue weighted by atomic mass is 32.1. The fourth-order valence-electron chi connectivity index (χ4n) is 3.17. The van der Waals surface area contributed by atoms with Gasteiger partial charge in [0.25, 0.3) is 11.8 Å². The minimum Gasteiger partial charge on any atom is -0.486 e. The van der Waals surface area contributed by atoms with Crippen molar-refractivity contribution in [1.29, 1.82) is 0 Å². The summed E-state index contributed by atoms with van der Waals surface area (Å²) in [7, 11) is 0. The van der Waals surface area contributed by atoms with Crippen molar-refractivity contribution in [2.24, 2.45) is 0 Å². The van der Waals surface area contributed by atoms with Gasteiger partial charge in [-0.15, -0.1) is 21.5 Å². The van der Waals surface area contributed by atoms with Crippen LogP contribution in [0.4, 0.5) is 5.69 Å². The molecule has 33 heavy (non-hydrogen) atoms. The Balaban J connectivity index is 1.34. The molecule has 0 saturated heterocycles. The SMILES string of the molecule is Cc1cc(C)cc(OCc2nnc(C(=O)Nc3cccc(C(=O)NCc4cccs4)c3)s2)c1. The van der Waals surface area contributed by atoms with Gasteiger partial charge in [-0.3, -0.25) is 9.59 Å². The van der Waals surface area contributed by atoms with Gasteiger partial charge in [0, 0.05) is 16.1 Å². The van der Waals surface area contributed by atoms with Gasteiger partial charge in [-0.1, -0.05) is 29.5 Å². The van der Waals surface area contributed by atoms with Gasteiger partial charge in [-0.25, -0.2) is 0 Å². The first-order valence-corrected chi connectivity index (χ1v) is 11.9. The van der Waals surface area contributed by atoms with Crippen molar-refractivity contribution >= 4 is 40.2 Å². The number of anilines is 1. The van der Waals surface area contributed by atoms with Crippen LogP contribution in [0.25, 0.3) is 0 Å². The van der Waals surface area contributed by atoms with Crippen LogP contribution in [0.1, 0.15) is 41.2 Å². The molecule has 2 aromatic heterocycles. The summed E-state index contributed by atoms with van der Waals surface area (Å²) in [6.45, 7) is 4.71. The Labute approximate surface area is 199 Å². The van der Waals surface area contributed by atoms with E-state index in [1.165, 1.54) is 11.3 Å². The van der Waals surface area contributed by atoms with Gasteiger partial charge in [0.15, 0.2) is 5.01 Å². The second-order valence-corrected chi connectivity index (χ2v) is 9.50. The maximum atomic E-state index is 12.6. The molecule has 7 nitrogen and oxygen atoms in total. The van der Waals surface area contributed by atoms with E-state index in [0.717, 1.165) is 21.8 Å². The highest BCUT2D eigenvalue weighted by Crippen LogP contribution is 2.20. The second kappa shape index (κ2) is 10.4. The Morgan fingerprint density at radius 1 is 0.970 bits per heavy atom. The van der Waals surface area contributed by atoms with Crippen molar-refractivity contribution in [1.82, 2.24) is 15.5 Å². The number of aromatic nitrogens is 2. The topological polar surface area (TPSA) is 93.2 Å². The monoisotopic (exact) mass is 478 g/mol. The molecule has 168 valence electrons. The zero-order valence-corrected chi connectivity index (χ0v) is 19.8. The van der Waals surface area contributed by atoms with Gasteiger partial charge >= 0.3 is 0 Å². The van der Waals surface area contributed by atoms with Gasteiger partial charge in [-0.05, 0) is 66.8 Å². The van der Waals surface area contributed by atoms with Crippen molar-refractivity contribution in [2.75, 3.05) is 5.32 Å². The van der Waals surface area contributed by atoms with Gasteiger partial charge in [0.05, 0.1) is 6.54 Å². The van der Waals surface area contributed by atoms with E-state index in [9.17, 15) is 9.59 Å². The Bertz CT molecular complexity index is 1250. The minimum absolute atomic E-state index is 0.207. The van der Waals surface area contributed by atoms with Crippen LogP contribution in [0.3, 0.4) is 0 Å². The molecule has 0 atom stereocenters. The van der Waals surface area contributed by atoms with E-state index in [1.807, 2.05) is 43.5 Å². The zero-order chi connectivity index (χ0) is 23.2. The standard InChI is InChI=1S/C24H22N4O3S2/c1-15-9-16(2)11-19(10-15)31-14-21-27-28-24(33-21)23(30)26-18-6-3-5-17(12-18)22(29)25-13-20-7-4-8-32-20/h3-12H,13-14H2,1-2H3,(H,25,29)(H,26,30). The molecule has 2 heterocycles. The fourth-order valence-corrected chi connectivity index (χ4v) is 4.46. The molecule has 0 fully saturated rings. The summed E-state index contributed by atoms with van der Waals surface area (Å²) in [6, 6.07) is 16.7. The van der Waals surface area contributed by atoms with Gasteiger partial charge < -0.3 is 15.4 Å². The molecule has 2 N–H and O–H groups in total. The maximum absolute atomic E-state index is 12.6. The van der Waals surface area contributed by atoms with Crippen LogP contribution in [0.5, 0.6) is 5.75 Å². The number of hydrogen-bond acceptors (Lipinski definition) is 7. The third-order valence-corrected chi connectivity index (χ3v) is 6.38. The van der Waals surface area contributed by atoms with Crippen molar-refractivity contribution < 1.29 is 14.3 Å². The molecule has 0 aliphatic heterocycles. The van der Waals surface area contributed by atoms with Gasteiger partial charge in [0.2, 0.25) is 5.01 Å². The van der Waals surface area contributed by atoms with E-state index in [-0.39, 0.29) is 23.4 Å². The van der Waals surface area contributed by atoms with E-state index in [4.69, 9.17) is 4.74 Å². The number of benzene rings is 2. The van der Waals surface area contributed by atoms with Crippen molar-refractivity contribution in [3.63, 3.8) is 0 Å². The van der Waals surface area contributed by atoms with Crippen LogP contribution >= 0.6 is 22.7 Å². The minimum atomic E-state index is -0.388. The third-order valence-electron chi connectivity index (χ3n) is 4.60. The summed E-state index contributed by atoms with van der Waals surface area (Å²) < 4.78 is 5.79. The van der Waals surface area contributed by atoms with Gasteiger partial charge in [-0.2, -0.15) is 0 Å². The molecular weight excluding hydrogens is 456 g/mol. The maximum Gasteiger partial charge on any atom is 0.286 e. The van der Waals surface area contributed by atoms with E-state index < -0.39 is 0 Å². The van der Waals surface area contributed by atoms with E-state index in [2.05, 4.69) is 26.9 Å². The predicted molar refractivity (Wildman–Crippen MR) is 130 cm³/mol. The number of nitrogens with zero attached hydrogens (tertiary/aromatic N) is 2. The van der Waals surface area contributed by atoms with Crippen LogP contribution in [-0.2, 0) is 13.2 Å². The normalized spacial score (nSPS) is 10.6. The van der Waals surface area contributed by atoms with E-state index in [1.54, 1.807) is 35.6 Å². The first-order valence-electron chi connectivity index (χ1n) is 10.2. The molecule has 2 aromatic carbocycles. The first kappa shape index (κ1) is 22.6. The lowest BCUT2D eigenvalue weighted by molar-refractivity contribution is 0.0950. The van der Waals surface area contributed by atoms with Crippen molar-refractivity contribution in [2.45, 2.75) is 27.0 Å². The summed E-state index contributed by atoms with van der Waals surface area (Å²) in [4.78, 5) is 26.1. The molecule has 0 spiro atoms. The number of amides is 2.